The van der Waals surface area contributed by atoms with Crippen molar-refractivity contribution in [2.24, 2.45) is 33.7 Å². The zero-order chi connectivity index (χ0) is 27.5. The number of halogens is 2. The van der Waals surface area contributed by atoms with Crippen LogP contribution in [0.1, 0.15) is 65.2 Å². The van der Waals surface area contributed by atoms with Gasteiger partial charge in [-0.2, -0.15) is 17.2 Å². The Labute approximate surface area is 219 Å². The number of para-hydroxylation sites is 2. The van der Waals surface area contributed by atoms with Crippen LogP contribution in [0.2, 0.25) is 0 Å². The Bertz CT molecular complexity index is 1340. The van der Waals surface area contributed by atoms with Gasteiger partial charge in [0, 0.05) is 5.41 Å². The predicted molar refractivity (Wildman–Crippen MR) is 132 cm³/mol. The number of ketones is 1. The van der Waals surface area contributed by atoms with Crippen LogP contribution >= 0.6 is 0 Å². The molecule has 4 fully saturated rings. The van der Waals surface area contributed by atoms with E-state index in [2.05, 4.69) is 14.4 Å². The van der Waals surface area contributed by atoms with E-state index >= 15 is 0 Å². The molecule has 0 atom stereocenters. The first-order chi connectivity index (χ1) is 17.7. The molecule has 0 aliphatic heterocycles. The van der Waals surface area contributed by atoms with Crippen molar-refractivity contribution < 1.29 is 40.2 Å². The van der Waals surface area contributed by atoms with E-state index in [1.54, 1.807) is 24.3 Å². The summed E-state index contributed by atoms with van der Waals surface area (Å²) in [7, 11) is -5.74. The fourth-order valence-electron chi connectivity index (χ4n) is 6.38. The minimum Gasteiger partial charge on any atom is -0.457 e. The number of fused-ring (bicyclic) bond motifs is 1. The molecule has 0 radical (unpaired) electrons. The summed E-state index contributed by atoms with van der Waals surface area (Å²) in [6, 6.07) is 6.48. The van der Waals surface area contributed by atoms with Crippen molar-refractivity contribution in [2.75, 3.05) is 6.61 Å². The van der Waals surface area contributed by atoms with Gasteiger partial charge in [0.05, 0.1) is 5.41 Å². The third-order valence-corrected chi connectivity index (χ3v) is 8.95. The number of aromatic nitrogens is 1. The Balaban J connectivity index is 1.33. The molecule has 38 heavy (non-hydrogen) atoms. The SMILES string of the molecule is CC(C)(C)C(=O)/C(=N\OS(=O)(=O)C(F)(F)COC(=O)C12CC3CC(CC(C3)C1)C2)c1nc2ccccc2o1. The highest BCUT2D eigenvalue weighted by molar-refractivity contribution is 7.87. The minimum absolute atomic E-state index is 0.279. The normalized spacial score (nSPS) is 27.5. The number of ether oxygens (including phenoxy) is 1. The number of oxime groups is 1. The van der Waals surface area contributed by atoms with E-state index in [9.17, 15) is 26.8 Å². The fourth-order valence-corrected chi connectivity index (χ4v) is 6.87. The number of nitrogens with zero attached hydrogens (tertiary/aromatic N) is 2. The quantitative estimate of drug-likeness (QED) is 0.259. The number of hydrogen-bond acceptors (Lipinski definition) is 9. The number of hydrogen-bond donors (Lipinski definition) is 0. The van der Waals surface area contributed by atoms with Gasteiger partial charge in [-0.3, -0.25) is 13.9 Å². The largest absolute Gasteiger partial charge is 0.457 e. The smallest absolute Gasteiger partial charge is 0.415 e. The molecular formula is C26H30F2N2O7S. The number of benzene rings is 1. The van der Waals surface area contributed by atoms with Gasteiger partial charge in [-0.1, -0.05) is 38.1 Å². The van der Waals surface area contributed by atoms with Gasteiger partial charge < -0.3 is 9.15 Å². The Morgan fingerprint density at radius 2 is 1.66 bits per heavy atom. The minimum atomic E-state index is -5.74. The molecule has 4 bridgehead atoms. The van der Waals surface area contributed by atoms with Crippen LogP contribution in [0.5, 0.6) is 0 Å². The molecule has 1 aromatic carbocycles. The monoisotopic (exact) mass is 552 g/mol. The van der Waals surface area contributed by atoms with Crippen molar-refractivity contribution in [3.63, 3.8) is 0 Å². The molecule has 0 N–H and O–H groups in total. The zero-order valence-electron chi connectivity index (χ0n) is 21.4. The molecule has 0 saturated heterocycles. The number of alkyl halides is 2. The second kappa shape index (κ2) is 9.10. The van der Waals surface area contributed by atoms with Crippen molar-refractivity contribution in [1.29, 1.82) is 0 Å². The number of carbonyl (C=O) groups is 2. The van der Waals surface area contributed by atoms with E-state index in [0.29, 0.717) is 42.5 Å². The number of Topliss-reactive ketones (excluding diaryl/α,β-unsaturated/α-hetero) is 1. The molecule has 4 aliphatic carbocycles. The topological polar surface area (TPSA) is 125 Å². The molecule has 0 spiro atoms. The van der Waals surface area contributed by atoms with Crippen LogP contribution in [0.15, 0.2) is 33.8 Å². The highest BCUT2D eigenvalue weighted by Crippen LogP contribution is 2.60. The molecule has 9 nitrogen and oxygen atoms in total. The first-order valence-corrected chi connectivity index (χ1v) is 14.1. The van der Waals surface area contributed by atoms with Crippen molar-refractivity contribution in [3.05, 3.63) is 30.2 Å². The first kappa shape index (κ1) is 26.7. The standard InChI is InChI=1S/C26H30F2N2O7S/c1-24(2,3)21(31)20(22-29-18-6-4-5-7-19(18)36-22)30-37-38(33,34)26(27,28)14-35-23(32)25-11-15-8-16(12-25)10-17(9-15)13-25/h4-7,15-17H,8-14H2,1-3H3/b30-20+. The first-order valence-electron chi connectivity index (χ1n) is 12.7. The molecule has 206 valence electrons. The Hall–Kier alpha value is -2.89. The summed E-state index contributed by atoms with van der Waals surface area (Å²) in [6.45, 7) is 2.87. The number of rotatable bonds is 8. The van der Waals surface area contributed by atoms with Crippen molar-refractivity contribution in [3.8, 4) is 0 Å². The zero-order valence-corrected chi connectivity index (χ0v) is 22.2. The van der Waals surface area contributed by atoms with Gasteiger partial charge in [0.25, 0.3) is 5.89 Å². The maximum atomic E-state index is 14.8. The maximum Gasteiger partial charge on any atom is 0.415 e. The molecule has 4 aliphatic rings. The second-order valence-electron chi connectivity index (χ2n) is 11.9. The van der Waals surface area contributed by atoms with Crippen LogP contribution in [-0.2, 0) is 28.7 Å². The van der Waals surface area contributed by atoms with E-state index in [-0.39, 0.29) is 11.5 Å². The maximum absolute atomic E-state index is 14.8. The van der Waals surface area contributed by atoms with Gasteiger partial charge >= 0.3 is 21.3 Å². The molecule has 6 rings (SSSR count). The molecule has 1 aromatic heterocycles. The van der Waals surface area contributed by atoms with Gasteiger partial charge in [-0.25, -0.2) is 4.98 Å². The lowest BCUT2D eigenvalue weighted by Crippen LogP contribution is -2.51. The van der Waals surface area contributed by atoms with E-state index in [0.717, 1.165) is 19.3 Å². The Kier molecular flexibility index (Phi) is 6.39. The summed E-state index contributed by atoms with van der Waals surface area (Å²) in [5.74, 6) is -0.775. The lowest BCUT2D eigenvalue weighted by Gasteiger charge is -2.55. The van der Waals surface area contributed by atoms with Crippen LogP contribution in [0.25, 0.3) is 11.1 Å². The van der Waals surface area contributed by atoms with Crippen LogP contribution in [0.4, 0.5) is 8.78 Å². The molecule has 0 unspecified atom stereocenters. The number of esters is 1. The summed E-state index contributed by atoms with van der Waals surface area (Å²) in [6.07, 6.45) is 4.87. The average Bonchev–Trinajstić information content (AvgIpc) is 3.25. The summed E-state index contributed by atoms with van der Waals surface area (Å²) in [5.41, 5.74) is -1.96. The van der Waals surface area contributed by atoms with Crippen LogP contribution < -0.4 is 0 Å². The van der Waals surface area contributed by atoms with Crippen LogP contribution in [-0.4, -0.2) is 42.7 Å². The predicted octanol–water partition coefficient (Wildman–Crippen LogP) is 4.85. The molecule has 0 amide bonds. The summed E-state index contributed by atoms with van der Waals surface area (Å²) in [4.78, 5) is 30.0. The molecule has 12 heteroatoms. The lowest BCUT2D eigenvalue weighted by molar-refractivity contribution is -0.177. The summed E-state index contributed by atoms with van der Waals surface area (Å²) >= 11 is 0. The van der Waals surface area contributed by atoms with Gasteiger partial charge in [0.15, 0.2) is 18.0 Å². The number of oxazole rings is 1. The lowest BCUT2D eigenvalue weighted by atomic mass is 9.49. The van der Waals surface area contributed by atoms with Crippen molar-refractivity contribution in [1.82, 2.24) is 4.98 Å². The molecule has 1 heterocycles. The van der Waals surface area contributed by atoms with Gasteiger partial charge in [-0.05, 0) is 68.4 Å². The highest BCUT2D eigenvalue weighted by Gasteiger charge is 2.57. The fraction of sp³-hybridized carbons (Fsp3) is 0.615. The van der Waals surface area contributed by atoms with E-state index < -0.39 is 50.3 Å². The average molecular weight is 553 g/mol. The van der Waals surface area contributed by atoms with E-state index in [1.807, 2.05) is 0 Å². The molecular weight excluding hydrogens is 522 g/mol. The van der Waals surface area contributed by atoms with Gasteiger partial charge in [0.2, 0.25) is 5.71 Å². The second-order valence-corrected chi connectivity index (χ2v) is 13.6. The highest BCUT2D eigenvalue weighted by atomic mass is 32.2. The third-order valence-electron chi connectivity index (χ3n) is 7.83. The summed E-state index contributed by atoms with van der Waals surface area (Å²) < 4.78 is 69.3. The van der Waals surface area contributed by atoms with Crippen molar-refractivity contribution in [2.45, 2.75) is 64.6 Å². The molecule has 4 saturated carbocycles. The molecule has 2 aromatic rings. The van der Waals surface area contributed by atoms with Crippen LogP contribution in [0, 0.1) is 28.6 Å². The third kappa shape index (κ3) is 4.83. The van der Waals surface area contributed by atoms with E-state index in [1.165, 1.54) is 20.8 Å². The van der Waals surface area contributed by atoms with Crippen LogP contribution in [0.3, 0.4) is 0 Å². The van der Waals surface area contributed by atoms with Gasteiger partial charge in [-0.15, -0.1) is 0 Å². The van der Waals surface area contributed by atoms with E-state index in [4.69, 9.17) is 9.15 Å². The Morgan fingerprint density at radius 1 is 1.08 bits per heavy atom. The number of carbonyl (C=O) groups excluding carboxylic acids is 2. The van der Waals surface area contributed by atoms with Gasteiger partial charge in [0.1, 0.15) is 5.52 Å². The Morgan fingerprint density at radius 3 is 2.21 bits per heavy atom. The summed E-state index contributed by atoms with van der Waals surface area (Å²) in [5, 5.41) is -1.33. The van der Waals surface area contributed by atoms with Crippen molar-refractivity contribution >= 4 is 38.7 Å².